The molecule has 0 bridgehead atoms. The minimum Gasteiger partial charge on any atom is -0.215 e. The van der Waals surface area contributed by atoms with Crippen LogP contribution in [0.4, 0.5) is 0 Å². The largest absolute Gasteiger partial charge is 0.215 e. The fourth-order valence-corrected chi connectivity index (χ4v) is 1.77. The Bertz CT molecular complexity index is 433. The number of hydrogen-bond donors (Lipinski definition) is 0. The molecular formula is C9H10BrN3. The predicted molar refractivity (Wildman–Crippen MR) is 54.8 cm³/mol. The van der Waals surface area contributed by atoms with Crippen LogP contribution in [0.3, 0.4) is 0 Å². The van der Waals surface area contributed by atoms with Gasteiger partial charge in [-0.3, -0.25) is 0 Å². The van der Waals surface area contributed by atoms with Gasteiger partial charge in [0.2, 0.25) is 0 Å². The van der Waals surface area contributed by atoms with Gasteiger partial charge in [-0.1, -0.05) is 13.8 Å². The molecule has 68 valence electrons. The Kier molecular flexibility index (Phi) is 2.07. The average molecular weight is 240 g/mol. The smallest absolute Gasteiger partial charge is 0.156 e. The van der Waals surface area contributed by atoms with E-state index in [1.165, 1.54) is 5.56 Å². The number of aromatic nitrogens is 3. The number of nitrogens with zero attached hydrogens (tertiary/aromatic N) is 3. The molecule has 0 spiro atoms. The van der Waals surface area contributed by atoms with Crippen LogP contribution < -0.4 is 0 Å². The van der Waals surface area contributed by atoms with Crippen molar-refractivity contribution in [3.8, 4) is 0 Å². The van der Waals surface area contributed by atoms with Gasteiger partial charge in [0, 0.05) is 0 Å². The van der Waals surface area contributed by atoms with Crippen LogP contribution in [0.1, 0.15) is 25.3 Å². The maximum absolute atomic E-state index is 4.14. The van der Waals surface area contributed by atoms with Gasteiger partial charge in [-0.15, -0.1) is 0 Å². The van der Waals surface area contributed by atoms with Gasteiger partial charge < -0.3 is 0 Å². The number of rotatable bonds is 1. The van der Waals surface area contributed by atoms with Crippen molar-refractivity contribution in [2.24, 2.45) is 0 Å². The van der Waals surface area contributed by atoms with E-state index >= 15 is 0 Å². The maximum atomic E-state index is 4.14. The second-order valence-corrected chi connectivity index (χ2v) is 4.11. The zero-order chi connectivity index (χ0) is 9.42. The quantitative estimate of drug-likeness (QED) is 0.717. The molecule has 0 aliphatic carbocycles. The Morgan fingerprint density at radius 3 is 2.85 bits per heavy atom. The van der Waals surface area contributed by atoms with Crippen molar-refractivity contribution >= 4 is 21.6 Å². The molecule has 3 nitrogen and oxygen atoms in total. The molecular weight excluding hydrogens is 230 g/mol. The topological polar surface area (TPSA) is 30.2 Å². The Hall–Kier alpha value is -0.900. The van der Waals surface area contributed by atoms with Crippen LogP contribution in [-0.2, 0) is 0 Å². The van der Waals surface area contributed by atoms with Crippen LogP contribution in [0.25, 0.3) is 5.65 Å². The molecule has 0 radical (unpaired) electrons. The van der Waals surface area contributed by atoms with Crippen molar-refractivity contribution in [3.05, 3.63) is 28.6 Å². The SMILES string of the molecule is CC(C)c1cc(Br)n2ncnc2c1. The number of hydrogen-bond acceptors (Lipinski definition) is 2. The molecule has 0 saturated heterocycles. The second kappa shape index (κ2) is 3.10. The van der Waals surface area contributed by atoms with Gasteiger partial charge in [-0.05, 0) is 39.5 Å². The first kappa shape index (κ1) is 8.69. The van der Waals surface area contributed by atoms with Crippen LogP contribution >= 0.6 is 15.9 Å². The summed E-state index contributed by atoms with van der Waals surface area (Å²) in [5.41, 5.74) is 2.16. The van der Waals surface area contributed by atoms with Gasteiger partial charge in [-0.25, -0.2) is 9.50 Å². The molecule has 4 heteroatoms. The molecule has 13 heavy (non-hydrogen) atoms. The van der Waals surface area contributed by atoms with E-state index in [9.17, 15) is 0 Å². The molecule has 2 aromatic heterocycles. The third kappa shape index (κ3) is 1.46. The van der Waals surface area contributed by atoms with E-state index in [1.54, 1.807) is 10.8 Å². The lowest BCUT2D eigenvalue weighted by Gasteiger charge is -2.06. The van der Waals surface area contributed by atoms with E-state index in [0.29, 0.717) is 5.92 Å². The highest BCUT2D eigenvalue weighted by Gasteiger charge is 2.05. The first-order valence-electron chi connectivity index (χ1n) is 4.17. The Morgan fingerprint density at radius 2 is 2.15 bits per heavy atom. The lowest BCUT2D eigenvalue weighted by atomic mass is 10.1. The molecule has 0 aliphatic heterocycles. The molecule has 0 fully saturated rings. The van der Waals surface area contributed by atoms with E-state index in [-0.39, 0.29) is 0 Å². The number of halogens is 1. The zero-order valence-electron chi connectivity index (χ0n) is 7.53. The summed E-state index contributed by atoms with van der Waals surface area (Å²) in [7, 11) is 0. The number of fused-ring (bicyclic) bond motifs is 1. The van der Waals surface area contributed by atoms with E-state index in [2.05, 4.69) is 52.0 Å². The normalized spacial score (nSPS) is 11.4. The highest BCUT2D eigenvalue weighted by Crippen LogP contribution is 2.20. The average Bonchev–Trinajstić information content (AvgIpc) is 2.51. The summed E-state index contributed by atoms with van der Waals surface area (Å²) in [6.45, 7) is 4.32. The molecule has 0 saturated carbocycles. The van der Waals surface area contributed by atoms with Gasteiger partial charge in [-0.2, -0.15) is 5.10 Å². The summed E-state index contributed by atoms with van der Waals surface area (Å²) in [5, 5.41) is 4.08. The summed E-state index contributed by atoms with van der Waals surface area (Å²) in [4.78, 5) is 4.14. The van der Waals surface area contributed by atoms with Crippen LogP contribution in [0, 0.1) is 0 Å². The highest BCUT2D eigenvalue weighted by atomic mass is 79.9. The third-order valence-electron chi connectivity index (χ3n) is 2.02. The highest BCUT2D eigenvalue weighted by molar-refractivity contribution is 9.10. The molecule has 2 aromatic rings. The van der Waals surface area contributed by atoms with Crippen molar-refractivity contribution in [2.75, 3.05) is 0 Å². The first-order chi connectivity index (χ1) is 6.18. The van der Waals surface area contributed by atoms with Gasteiger partial charge >= 0.3 is 0 Å². The summed E-state index contributed by atoms with van der Waals surface area (Å²) < 4.78 is 2.72. The van der Waals surface area contributed by atoms with Crippen LogP contribution in [0.2, 0.25) is 0 Å². The molecule has 0 N–H and O–H groups in total. The van der Waals surface area contributed by atoms with Crippen LogP contribution in [0.15, 0.2) is 23.1 Å². The second-order valence-electron chi connectivity index (χ2n) is 3.30. The molecule has 0 aromatic carbocycles. The monoisotopic (exact) mass is 239 g/mol. The van der Waals surface area contributed by atoms with Gasteiger partial charge in [0.15, 0.2) is 5.65 Å². The van der Waals surface area contributed by atoms with Crippen molar-refractivity contribution < 1.29 is 0 Å². The van der Waals surface area contributed by atoms with E-state index in [1.807, 2.05) is 0 Å². The van der Waals surface area contributed by atoms with Gasteiger partial charge in [0.25, 0.3) is 0 Å². The predicted octanol–water partition coefficient (Wildman–Crippen LogP) is 2.62. The zero-order valence-corrected chi connectivity index (χ0v) is 9.12. The Morgan fingerprint density at radius 1 is 1.38 bits per heavy atom. The Labute approximate surface area is 84.9 Å². The summed E-state index contributed by atoms with van der Waals surface area (Å²) >= 11 is 3.46. The van der Waals surface area contributed by atoms with Crippen molar-refractivity contribution in [2.45, 2.75) is 19.8 Å². The summed E-state index contributed by atoms with van der Waals surface area (Å²) in [6.07, 6.45) is 1.56. The molecule has 0 amide bonds. The molecule has 0 aliphatic rings. The standard InChI is InChI=1S/C9H10BrN3/c1-6(2)7-3-8(10)13-9(4-7)11-5-12-13/h3-6H,1-2H3. The Balaban J connectivity index is 2.70. The minimum atomic E-state index is 0.512. The van der Waals surface area contributed by atoms with Crippen molar-refractivity contribution in [3.63, 3.8) is 0 Å². The minimum absolute atomic E-state index is 0.512. The molecule has 0 atom stereocenters. The van der Waals surface area contributed by atoms with E-state index in [4.69, 9.17) is 0 Å². The maximum Gasteiger partial charge on any atom is 0.156 e. The van der Waals surface area contributed by atoms with Crippen LogP contribution in [0.5, 0.6) is 0 Å². The van der Waals surface area contributed by atoms with Crippen molar-refractivity contribution in [1.29, 1.82) is 0 Å². The van der Waals surface area contributed by atoms with Crippen molar-refractivity contribution in [1.82, 2.24) is 14.6 Å². The fraction of sp³-hybridized carbons (Fsp3) is 0.333. The third-order valence-corrected chi connectivity index (χ3v) is 2.59. The number of pyridine rings is 1. The molecule has 2 rings (SSSR count). The van der Waals surface area contributed by atoms with E-state index in [0.717, 1.165) is 10.3 Å². The van der Waals surface area contributed by atoms with Crippen LogP contribution in [-0.4, -0.2) is 14.6 Å². The van der Waals surface area contributed by atoms with Gasteiger partial charge in [0.1, 0.15) is 10.9 Å². The first-order valence-corrected chi connectivity index (χ1v) is 4.97. The summed E-state index contributed by atoms with van der Waals surface area (Å²) in [5.74, 6) is 0.512. The lowest BCUT2D eigenvalue weighted by molar-refractivity contribution is 0.848. The van der Waals surface area contributed by atoms with E-state index < -0.39 is 0 Å². The fourth-order valence-electron chi connectivity index (χ4n) is 1.24. The molecule has 2 heterocycles. The lowest BCUT2D eigenvalue weighted by Crippen LogP contribution is -1.94. The summed E-state index contributed by atoms with van der Waals surface area (Å²) in [6, 6.07) is 4.13. The molecule has 0 unspecified atom stereocenters. The van der Waals surface area contributed by atoms with Gasteiger partial charge in [0.05, 0.1) is 0 Å².